The maximum Gasteiger partial charge on any atom is 0.256 e. The summed E-state index contributed by atoms with van der Waals surface area (Å²) >= 11 is 0. The van der Waals surface area contributed by atoms with Crippen molar-refractivity contribution in [2.24, 2.45) is 0 Å². The molecule has 0 aromatic carbocycles. The monoisotopic (exact) mass is 187 g/mol. The van der Waals surface area contributed by atoms with E-state index in [0.717, 1.165) is 19.1 Å². The molecule has 1 amide bonds. The van der Waals surface area contributed by atoms with Gasteiger partial charge in [0.25, 0.3) is 5.91 Å². The van der Waals surface area contributed by atoms with Crippen LogP contribution in [0.5, 0.6) is 0 Å². The maximum absolute atomic E-state index is 13.0. The highest BCUT2D eigenvalue weighted by atomic mass is 19.1. The fraction of sp³-hybridized carbons (Fsp3) is 0.222. The third-order valence-corrected chi connectivity index (χ3v) is 1.30. The zero-order valence-electron chi connectivity index (χ0n) is 7.53. The van der Waals surface area contributed by atoms with E-state index in [1.807, 2.05) is 0 Å². The van der Waals surface area contributed by atoms with Crippen LogP contribution in [-0.4, -0.2) is 13.0 Å². The minimum absolute atomic E-state index is 0.595. The van der Waals surface area contributed by atoms with Gasteiger partial charge >= 0.3 is 0 Å². The zero-order valence-corrected chi connectivity index (χ0v) is 7.53. The molecular formula is C9H11F2NO. The van der Waals surface area contributed by atoms with Crippen molar-refractivity contribution in [2.45, 2.75) is 6.92 Å². The van der Waals surface area contributed by atoms with Crippen molar-refractivity contribution in [3.63, 3.8) is 0 Å². The van der Waals surface area contributed by atoms with E-state index in [1.54, 1.807) is 0 Å². The molecule has 0 saturated heterocycles. The van der Waals surface area contributed by atoms with Gasteiger partial charge in [-0.1, -0.05) is 12.7 Å². The van der Waals surface area contributed by atoms with Crippen LogP contribution in [0.15, 0.2) is 36.0 Å². The van der Waals surface area contributed by atoms with E-state index < -0.39 is 23.1 Å². The molecule has 0 aromatic rings. The molecule has 0 spiro atoms. The highest BCUT2D eigenvalue weighted by Crippen LogP contribution is 2.17. The second-order valence-electron chi connectivity index (χ2n) is 2.24. The Morgan fingerprint density at radius 3 is 2.31 bits per heavy atom. The van der Waals surface area contributed by atoms with Gasteiger partial charge < -0.3 is 5.32 Å². The lowest BCUT2D eigenvalue weighted by molar-refractivity contribution is -0.117. The molecule has 0 heterocycles. The van der Waals surface area contributed by atoms with Gasteiger partial charge in [0, 0.05) is 7.05 Å². The standard InChI is InChI=1S/C9H11F2NO/c1-4-5-7(11)8(6(2)10)9(13)12-3/h4-5H,1H2,2-3H3,(H,12,13)/b7-5+,8-6-. The summed E-state index contributed by atoms with van der Waals surface area (Å²) in [6, 6.07) is 0. The summed E-state index contributed by atoms with van der Waals surface area (Å²) in [5.41, 5.74) is -0.595. The van der Waals surface area contributed by atoms with Crippen molar-refractivity contribution in [1.29, 1.82) is 0 Å². The average molecular weight is 187 g/mol. The number of hydrogen-bond acceptors (Lipinski definition) is 1. The van der Waals surface area contributed by atoms with E-state index in [4.69, 9.17) is 0 Å². The SMILES string of the molecule is C=C/C=C(F)\C(C(=O)NC)=C(/C)F. The van der Waals surface area contributed by atoms with Gasteiger partial charge in [-0.2, -0.15) is 0 Å². The van der Waals surface area contributed by atoms with Crippen molar-refractivity contribution in [1.82, 2.24) is 5.32 Å². The summed E-state index contributed by atoms with van der Waals surface area (Å²) in [5.74, 6) is -2.60. The first-order valence-corrected chi connectivity index (χ1v) is 3.61. The molecule has 13 heavy (non-hydrogen) atoms. The van der Waals surface area contributed by atoms with Crippen LogP contribution in [0, 0.1) is 0 Å². The Hall–Kier alpha value is -1.45. The van der Waals surface area contributed by atoms with Crippen molar-refractivity contribution < 1.29 is 13.6 Å². The van der Waals surface area contributed by atoms with Gasteiger partial charge in [0.15, 0.2) is 0 Å². The van der Waals surface area contributed by atoms with Crippen LogP contribution < -0.4 is 5.32 Å². The molecule has 4 heteroatoms. The molecule has 0 atom stereocenters. The van der Waals surface area contributed by atoms with Crippen LogP contribution in [0.3, 0.4) is 0 Å². The van der Waals surface area contributed by atoms with Crippen LogP contribution in [0.25, 0.3) is 0 Å². The Morgan fingerprint density at radius 2 is 2.00 bits per heavy atom. The topological polar surface area (TPSA) is 29.1 Å². The van der Waals surface area contributed by atoms with Crippen LogP contribution in [-0.2, 0) is 4.79 Å². The predicted molar refractivity (Wildman–Crippen MR) is 47.3 cm³/mol. The van der Waals surface area contributed by atoms with E-state index in [9.17, 15) is 13.6 Å². The van der Waals surface area contributed by atoms with Gasteiger partial charge in [-0.3, -0.25) is 4.79 Å². The van der Waals surface area contributed by atoms with Gasteiger partial charge in [-0.05, 0) is 13.0 Å². The first kappa shape index (κ1) is 11.6. The molecule has 0 rings (SSSR count). The Balaban J connectivity index is 5.07. The minimum Gasteiger partial charge on any atom is -0.355 e. The van der Waals surface area contributed by atoms with E-state index in [2.05, 4.69) is 11.9 Å². The largest absolute Gasteiger partial charge is 0.355 e. The molecule has 0 aliphatic heterocycles. The minimum atomic E-state index is -0.936. The number of carbonyl (C=O) groups is 1. The predicted octanol–water partition coefficient (Wildman–Crippen LogP) is 2.02. The van der Waals surface area contributed by atoms with Crippen LogP contribution in [0.1, 0.15) is 6.92 Å². The molecule has 0 saturated carbocycles. The van der Waals surface area contributed by atoms with Crippen LogP contribution in [0.4, 0.5) is 8.78 Å². The van der Waals surface area contributed by atoms with E-state index in [-0.39, 0.29) is 0 Å². The Kier molecular flexibility index (Phi) is 4.66. The Morgan fingerprint density at radius 1 is 1.46 bits per heavy atom. The summed E-state index contributed by atoms with van der Waals surface area (Å²) in [4.78, 5) is 10.9. The smallest absolute Gasteiger partial charge is 0.256 e. The molecule has 0 fully saturated rings. The highest BCUT2D eigenvalue weighted by molar-refractivity contribution is 5.97. The maximum atomic E-state index is 13.0. The van der Waals surface area contributed by atoms with Crippen molar-refractivity contribution >= 4 is 5.91 Å². The number of carbonyl (C=O) groups excluding carboxylic acids is 1. The van der Waals surface area contributed by atoms with Crippen molar-refractivity contribution in [3.8, 4) is 0 Å². The van der Waals surface area contributed by atoms with E-state index in [1.165, 1.54) is 7.05 Å². The Labute approximate surface area is 75.6 Å². The fourth-order valence-corrected chi connectivity index (χ4v) is 0.741. The molecule has 0 radical (unpaired) electrons. The third-order valence-electron chi connectivity index (χ3n) is 1.30. The molecule has 0 aliphatic carbocycles. The number of nitrogens with one attached hydrogen (secondary N) is 1. The van der Waals surface area contributed by atoms with Gasteiger partial charge in [0.2, 0.25) is 0 Å². The molecule has 1 N–H and O–H groups in total. The van der Waals surface area contributed by atoms with Gasteiger partial charge in [0.05, 0.1) is 0 Å². The lowest BCUT2D eigenvalue weighted by Crippen LogP contribution is -2.21. The van der Waals surface area contributed by atoms with Gasteiger partial charge in [0.1, 0.15) is 17.2 Å². The van der Waals surface area contributed by atoms with Crippen molar-refractivity contribution in [2.75, 3.05) is 7.05 Å². The second-order valence-corrected chi connectivity index (χ2v) is 2.24. The second kappa shape index (κ2) is 5.24. The van der Waals surface area contributed by atoms with E-state index >= 15 is 0 Å². The Bertz CT molecular complexity index is 275. The number of allylic oxidation sites excluding steroid dienone is 3. The summed E-state index contributed by atoms with van der Waals surface area (Å²) in [7, 11) is 1.30. The van der Waals surface area contributed by atoms with E-state index in [0.29, 0.717) is 0 Å². The van der Waals surface area contributed by atoms with Crippen LogP contribution >= 0.6 is 0 Å². The lowest BCUT2D eigenvalue weighted by Gasteiger charge is -2.02. The molecule has 0 aliphatic rings. The van der Waals surface area contributed by atoms with Gasteiger partial charge in [-0.25, -0.2) is 8.78 Å². The molecule has 72 valence electrons. The molecule has 0 bridgehead atoms. The number of amides is 1. The fourth-order valence-electron chi connectivity index (χ4n) is 0.741. The number of rotatable bonds is 3. The highest BCUT2D eigenvalue weighted by Gasteiger charge is 2.16. The number of hydrogen-bond donors (Lipinski definition) is 1. The normalized spacial score (nSPS) is 13.4. The van der Waals surface area contributed by atoms with Crippen molar-refractivity contribution in [3.05, 3.63) is 36.0 Å². The quantitative estimate of drug-likeness (QED) is 0.531. The summed E-state index contributed by atoms with van der Waals surface area (Å²) in [6.45, 7) is 4.25. The summed E-state index contributed by atoms with van der Waals surface area (Å²) in [6.07, 6.45) is 2.06. The third kappa shape index (κ3) is 3.19. The first-order chi connectivity index (χ1) is 6.04. The molecular weight excluding hydrogens is 176 g/mol. The average Bonchev–Trinajstić information content (AvgIpc) is 2.04. The molecule has 0 unspecified atom stereocenters. The first-order valence-electron chi connectivity index (χ1n) is 3.61. The summed E-state index contributed by atoms with van der Waals surface area (Å²) in [5, 5.41) is 2.13. The number of halogens is 2. The van der Waals surface area contributed by atoms with Gasteiger partial charge in [-0.15, -0.1) is 0 Å². The molecule has 0 aromatic heterocycles. The molecule has 2 nitrogen and oxygen atoms in total. The number of likely N-dealkylation sites (N-methyl/N-ethyl adjacent to an activating group) is 1. The van der Waals surface area contributed by atoms with Crippen LogP contribution in [0.2, 0.25) is 0 Å². The zero-order chi connectivity index (χ0) is 10.4. The lowest BCUT2D eigenvalue weighted by atomic mass is 10.2. The summed E-state index contributed by atoms with van der Waals surface area (Å²) < 4.78 is 25.7.